The SMILES string of the molecule is CC[C@H](C)[C@@H](C(=O)N[C@@H](Cc1ccccc1)[C@H](O)CN(CC(C)C)S(=O)(=O)c1ccc(C=NO)cc1)N1CC(=O)N(Cc2ccncc2)C1=O. The minimum absolute atomic E-state index is 0.00514. The first-order chi connectivity index (χ1) is 23.8. The molecular formula is C36H46N6O7S. The average molecular weight is 707 g/mol. The van der Waals surface area contributed by atoms with E-state index >= 15 is 0 Å². The number of aliphatic hydroxyl groups excluding tert-OH is 1. The molecule has 268 valence electrons. The van der Waals surface area contributed by atoms with Crippen LogP contribution in [0.25, 0.3) is 0 Å². The first-order valence-corrected chi connectivity index (χ1v) is 18.1. The summed E-state index contributed by atoms with van der Waals surface area (Å²) < 4.78 is 29.0. The number of oxime groups is 1. The van der Waals surface area contributed by atoms with Gasteiger partial charge in [-0.25, -0.2) is 13.2 Å². The number of urea groups is 1. The van der Waals surface area contributed by atoms with Crippen LogP contribution >= 0.6 is 0 Å². The zero-order valence-electron chi connectivity index (χ0n) is 28.8. The average Bonchev–Trinajstić information content (AvgIpc) is 3.36. The highest BCUT2D eigenvalue weighted by Crippen LogP contribution is 2.24. The molecule has 0 radical (unpaired) electrons. The van der Waals surface area contributed by atoms with Crippen LogP contribution in [0.2, 0.25) is 0 Å². The van der Waals surface area contributed by atoms with Gasteiger partial charge in [0.2, 0.25) is 15.9 Å². The van der Waals surface area contributed by atoms with Gasteiger partial charge in [0.05, 0.1) is 29.8 Å². The van der Waals surface area contributed by atoms with E-state index in [2.05, 4.69) is 15.5 Å². The Bertz CT molecular complexity index is 1720. The zero-order chi connectivity index (χ0) is 36.4. The number of aliphatic hydroxyl groups is 1. The molecule has 1 saturated heterocycles. The molecule has 0 spiro atoms. The Morgan fingerprint density at radius 2 is 1.66 bits per heavy atom. The number of nitrogens with zero attached hydrogens (tertiary/aromatic N) is 5. The Hall–Kier alpha value is -4.66. The molecule has 1 aliphatic heterocycles. The van der Waals surface area contributed by atoms with Gasteiger partial charge in [-0.3, -0.25) is 19.5 Å². The molecular weight excluding hydrogens is 660 g/mol. The molecule has 2 aromatic carbocycles. The quantitative estimate of drug-likeness (QED) is 0.0828. The maximum absolute atomic E-state index is 14.2. The van der Waals surface area contributed by atoms with Crippen LogP contribution < -0.4 is 5.32 Å². The van der Waals surface area contributed by atoms with E-state index in [1.807, 2.05) is 58.0 Å². The fraction of sp³-hybridized carbons (Fsp3) is 0.417. The first-order valence-electron chi connectivity index (χ1n) is 16.7. The van der Waals surface area contributed by atoms with Crippen LogP contribution in [-0.2, 0) is 32.6 Å². The van der Waals surface area contributed by atoms with Crippen molar-refractivity contribution in [1.29, 1.82) is 0 Å². The highest BCUT2D eigenvalue weighted by molar-refractivity contribution is 7.89. The van der Waals surface area contributed by atoms with Crippen molar-refractivity contribution in [2.45, 2.75) is 70.2 Å². The van der Waals surface area contributed by atoms with Gasteiger partial charge in [0.25, 0.3) is 5.91 Å². The van der Waals surface area contributed by atoms with Gasteiger partial charge in [0.15, 0.2) is 0 Å². The number of sulfonamides is 1. The van der Waals surface area contributed by atoms with Gasteiger partial charge in [0.1, 0.15) is 12.6 Å². The maximum Gasteiger partial charge on any atom is 0.328 e. The number of pyridine rings is 1. The van der Waals surface area contributed by atoms with Crippen LogP contribution in [0.5, 0.6) is 0 Å². The van der Waals surface area contributed by atoms with Crippen molar-refractivity contribution in [3.05, 3.63) is 95.8 Å². The predicted octanol–water partition coefficient (Wildman–Crippen LogP) is 3.50. The van der Waals surface area contributed by atoms with Crippen LogP contribution in [0.3, 0.4) is 0 Å². The second kappa shape index (κ2) is 17.3. The molecule has 0 bridgehead atoms. The van der Waals surface area contributed by atoms with Crippen molar-refractivity contribution in [2.75, 3.05) is 19.6 Å². The maximum atomic E-state index is 14.2. The lowest BCUT2D eigenvalue weighted by atomic mass is 9.95. The van der Waals surface area contributed by atoms with E-state index in [0.717, 1.165) is 16.0 Å². The molecule has 50 heavy (non-hydrogen) atoms. The third-order valence-corrected chi connectivity index (χ3v) is 10.6. The Morgan fingerprint density at radius 3 is 2.26 bits per heavy atom. The number of hydrogen-bond acceptors (Lipinski definition) is 9. The van der Waals surface area contributed by atoms with Gasteiger partial charge in [-0.15, -0.1) is 0 Å². The number of hydrogen-bond donors (Lipinski definition) is 3. The normalized spacial score (nSPS) is 16.3. The van der Waals surface area contributed by atoms with Crippen molar-refractivity contribution in [3.8, 4) is 0 Å². The molecule has 0 aliphatic carbocycles. The predicted molar refractivity (Wildman–Crippen MR) is 188 cm³/mol. The van der Waals surface area contributed by atoms with Gasteiger partial charge >= 0.3 is 6.03 Å². The minimum Gasteiger partial charge on any atom is -0.411 e. The Kier molecular flexibility index (Phi) is 13.2. The molecule has 4 rings (SSSR count). The summed E-state index contributed by atoms with van der Waals surface area (Å²) in [6.45, 7) is 6.97. The summed E-state index contributed by atoms with van der Waals surface area (Å²) in [5.41, 5.74) is 2.02. The first kappa shape index (κ1) is 38.1. The molecule has 4 amide bonds. The van der Waals surface area contributed by atoms with E-state index in [1.54, 1.807) is 24.5 Å². The number of nitrogens with one attached hydrogen (secondary N) is 1. The van der Waals surface area contributed by atoms with Crippen molar-refractivity contribution < 1.29 is 33.1 Å². The van der Waals surface area contributed by atoms with E-state index in [9.17, 15) is 27.9 Å². The smallest absolute Gasteiger partial charge is 0.328 e. The molecule has 13 nitrogen and oxygen atoms in total. The number of carbonyl (C=O) groups excluding carboxylic acids is 3. The fourth-order valence-electron chi connectivity index (χ4n) is 5.91. The lowest BCUT2D eigenvalue weighted by molar-refractivity contribution is -0.129. The standard InChI is InChI=1S/C36H46N6O7S/c1-5-26(4)34(42-24-33(44)41(36(42)46)22-29-15-17-37-18-16-29)35(45)39-31(19-27-9-7-6-8-10-27)32(43)23-40(21-25(2)3)50(48,49)30-13-11-28(12-14-30)20-38-47/h6-18,20,25-26,31-32,34,43,47H,5,19,21-24H2,1-4H3,(H,39,45)/t26-,31-,32+,34-/m0/s1. The van der Waals surface area contributed by atoms with Gasteiger partial charge in [0, 0.05) is 25.5 Å². The molecule has 1 aromatic heterocycles. The summed E-state index contributed by atoms with van der Waals surface area (Å²) in [5, 5.41) is 26.5. The summed E-state index contributed by atoms with van der Waals surface area (Å²) >= 11 is 0. The highest BCUT2D eigenvalue weighted by atomic mass is 32.2. The molecule has 14 heteroatoms. The molecule has 2 heterocycles. The van der Waals surface area contributed by atoms with E-state index < -0.39 is 46.1 Å². The molecule has 0 saturated carbocycles. The lowest BCUT2D eigenvalue weighted by Gasteiger charge is -2.34. The monoisotopic (exact) mass is 706 g/mol. The summed E-state index contributed by atoms with van der Waals surface area (Å²) in [5.74, 6) is -1.42. The van der Waals surface area contributed by atoms with Crippen LogP contribution in [-0.4, -0.2) is 99.7 Å². The number of amides is 4. The third kappa shape index (κ3) is 9.52. The van der Waals surface area contributed by atoms with Crippen molar-refractivity contribution >= 4 is 34.1 Å². The largest absolute Gasteiger partial charge is 0.411 e. The Balaban J connectivity index is 1.61. The summed E-state index contributed by atoms with van der Waals surface area (Å²) in [4.78, 5) is 47.3. The van der Waals surface area contributed by atoms with E-state index in [-0.39, 0.29) is 49.3 Å². The second-order valence-electron chi connectivity index (χ2n) is 13.0. The van der Waals surface area contributed by atoms with Crippen molar-refractivity contribution in [2.24, 2.45) is 17.0 Å². The van der Waals surface area contributed by atoms with Gasteiger partial charge in [-0.2, -0.15) is 4.31 Å². The second-order valence-corrected chi connectivity index (χ2v) is 14.9. The lowest BCUT2D eigenvalue weighted by Crippen LogP contribution is -2.57. The van der Waals surface area contributed by atoms with Crippen molar-refractivity contribution in [3.63, 3.8) is 0 Å². The number of carbonyl (C=O) groups is 3. The number of imide groups is 1. The van der Waals surface area contributed by atoms with Gasteiger partial charge < -0.3 is 20.5 Å². The van der Waals surface area contributed by atoms with E-state index in [1.165, 1.54) is 39.7 Å². The third-order valence-electron chi connectivity index (χ3n) is 8.74. The Labute approximate surface area is 293 Å². The summed E-state index contributed by atoms with van der Waals surface area (Å²) in [6.07, 6.45) is 3.67. The molecule has 1 aliphatic rings. The van der Waals surface area contributed by atoms with Crippen LogP contribution in [0.1, 0.15) is 50.8 Å². The molecule has 3 aromatic rings. The minimum atomic E-state index is -4.10. The molecule has 3 N–H and O–H groups in total. The van der Waals surface area contributed by atoms with Gasteiger partial charge in [-0.1, -0.05) is 81.7 Å². The van der Waals surface area contributed by atoms with E-state index in [0.29, 0.717) is 12.0 Å². The van der Waals surface area contributed by atoms with Crippen LogP contribution in [0, 0.1) is 11.8 Å². The topological polar surface area (TPSA) is 173 Å². The zero-order valence-corrected chi connectivity index (χ0v) is 29.6. The van der Waals surface area contributed by atoms with Crippen molar-refractivity contribution in [1.82, 2.24) is 24.4 Å². The Morgan fingerprint density at radius 1 is 1.00 bits per heavy atom. The van der Waals surface area contributed by atoms with E-state index in [4.69, 9.17) is 5.21 Å². The summed E-state index contributed by atoms with van der Waals surface area (Å²) in [7, 11) is -4.10. The summed E-state index contributed by atoms with van der Waals surface area (Å²) in [6, 6.07) is 15.9. The number of benzene rings is 2. The molecule has 0 unspecified atom stereocenters. The number of aromatic nitrogens is 1. The van der Waals surface area contributed by atoms with Gasteiger partial charge in [-0.05, 0) is 59.2 Å². The van der Waals surface area contributed by atoms with Crippen LogP contribution in [0.15, 0.2) is 89.2 Å². The molecule has 4 atom stereocenters. The van der Waals surface area contributed by atoms with Crippen LogP contribution in [0.4, 0.5) is 4.79 Å². The molecule has 1 fully saturated rings. The highest BCUT2D eigenvalue weighted by Gasteiger charge is 2.45. The fourth-order valence-corrected chi connectivity index (χ4v) is 7.53. The number of rotatable bonds is 17.